The maximum atomic E-state index is 5.83. The molecule has 0 aromatic rings. The summed E-state index contributed by atoms with van der Waals surface area (Å²) < 4.78 is 5.83. The molecule has 0 amide bonds. The number of hydrogen-bond donors (Lipinski definition) is 0. The maximum absolute atomic E-state index is 5.83. The predicted molar refractivity (Wildman–Crippen MR) is 89.6 cm³/mol. The van der Waals surface area contributed by atoms with Crippen LogP contribution in [0, 0.1) is 35.0 Å². The van der Waals surface area contributed by atoms with Gasteiger partial charge in [-0.25, -0.2) is 0 Å². The van der Waals surface area contributed by atoms with Crippen molar-refractivity contribution in [2.45, 2.75) is 77.2 Å². The number of fused-ring (bicyclic) bond motifs is 5. The lowest BCUT2D eigenvalue weighted by atomic mass is 9.50. The minimum Gasteiger partial charge on any atom is -0.370 e. The molecule has 22 heavy (non-hydrogen) atoms. The first kappa shape index (κ1) is 14.1. The molecular formula is C21H32O. The van der Waals surface area contributed by atoms with Gasteiger partial charge in [-0.05, 0) is 99.7 Å². The van der Waals surface area contributed by atoms with Gasteiger partial charge in [-0.2, -0.15) is 0 Å². The highest BCUT2D eigenvalue weighted by molar-refractivity contribution is 5.23. The first-order valence-electron chi connectivity index (χ1n) is 9.95. The summed E-state index contributed by atoms with van der Waals surface area (Å²) in [6.45, 7) is 5.97. The molecule has 1 heteroatoms. The van der Waals surface area contributed by atoms with Gasteiger partial charge in [0.25, 0.3) is 0 Å². The summed E-state index contributed by atoms with van der Waals surface area (Å²) in [4.78, 5) is 0. The summed E-state index contributed by atoms with van der Waals surface area (Å²) in [7, 11) is 0. The second kappa shape index (κ2) is 4.62. The highest BCUT2D eigenvalue weighted by Crippen LogP contribution is 2.65. The smallest absolute Gasteiger partial charge is 0.0919 e. The minimum atomic E-state index is 0.378. The summed E-state index contributed by atoms with van der Waals surface area (Å²) in [5.41, 5.74) is 2.74. The Morgan fingerprint density at radius 1 is 1.00 bits per heavy atom. The normalized spacial score (nSPS) is 58.3. The van der Waals surface area contributed by atoms with E-state index in [2.05, 4.69) is 19.9 Å². The molecule has 5 rings (SSSR count). The highest BCUT2D eigenvalue weighted by atomic mass is 16.6. The van der Waals surface area contributed by atoms with Crippen LogP contribution in [0.1, 0.15) is 71.6 Å². The zero-order valence-corrected chi connectivity index (χ0v) is 14.4. The molecule has 0 aromatic carbocycles. The van der Waals surface area contributed by atoms with Gasteiger partial charge in [-0.1, -0.05) is 18.6 Å². The summed E-state index contributed by atoms with van der Waals surface area (Å²) in [5, 5.41) is 0. The maximum Gasteiger partial charge on any atom is 0.0919 e. The van der Waals surface area contributed by atoms with Crippen LogP contribution in [0.25, 0.3) is 0 Å². The van der Waals surface area contributed by atoms with Gasteiger partial charge < -0.3 is 4.74 Å². The standard InChI is InChI=1S/C21H32O/c1-3-15-5-7-19-18-6-4-14-12-21(13-22-21)11-9-16(14)17(18)8-10-20(15,19)2/h3,14,16-19H,4-13H2,1-2H3/t14-,16-,17+,18+,19-,20+,21?/m0/s1. The van der Waals surface area contributed by atoms with Gasteiger partial charge >= 0.3 is 0 Å². The van der Waals surface area contributed by atoms with Crippen molar-refractivity contribution < 1.29 is 4.74 Å². The largest absolute Gasteiger partial charge is 0.370 e. The van der Waals surface area contributed by atoms with Crippen molar-refractivity contribution in [2.75, 3.05) is 6.61 Å². The van der Waals surface area contributed by atoms with Crippen LogP contribution in [0.5, 0.6) is 0 Å². The van der Waals surface area contributed by atoms with Crippen molar-refractivity contribution in [2.24, 2.45) is 35.0 Å². The lowest BCUT2D eigenvalue weighted by Gasteiger charge is -2.55. The average molecular weight is 300 g/mol. The Morgan fingerprint density at radius 2 is 1.82 bits per heavy atom. The fourth-order valence-electron chi connectivity index (χ4n) is 7.63. The van der Waals surface area contributed by atoms with E-state index in [-0.39, 0.29) is 0 Å². The summed E-state index contributed by atoms with van der Waals surface area (Å²) >= 11 is 0. The minimum absolute atomic E-state index is 0.378. The molecule has 0 aromatic heterocycles. The molecule has 0 bridgehead atoms. The third-order valence-electron chi connectivity index (χ3n) is 8.84. The van der Waals surface area contributed by atoms with Gasteiger partial charge in [0.2, 0.25) is 0 Å². The molecule has 0 N–H and O–H groups in total. The van der Waals surface area contributed by atoms with E-state index in [0.717, 1.165) is 36.2 Å². The first-order chi connectivity index (χ1) is 10.7. The third-order valence-corrected chi connectivity index (χ3v) is 8.84. The molecule has 1 nitrogen and oxygen atoms in total. The Kier molecular flexibility index (Phi) is 2.96. The Bertz CT molecular complexity index is 502. The summed E-state index contributed by atoms with van der Waals surface area (Å²) in [6.07, 6.45) is 15.6. The SMILES string of the molecule is CC=C1CC[C@H]2[C@@H]3CC[C@H]4CC5(CC[C@@H]4[C@H]3CC[C@]12C)CO5. The second-order valence-corrected chi connectivity index (χ2v) is 9.46. The van der Waals surface area contributed by atoms with Crippen molar-refractivity contribution in [3.63, 3.8) is 0 Å². The van der Waals surface area contributed by atoms with Crippen LogP contribution in [-0.2, 0) is 4.74 Å². The molecule has 0 radical (unpaired) electrons. The number of rotatable bonds is 0. The first-order valence-corrected chi connectivity index (χ1v) is 9.95. The van der Waals surface area contributed by atoms with Crippen molar-refractivity contribution >= 4 is 0 Å². The van der Waals surface area contributed by atoms with Crippen LogP contribution in [0.2, 0.25) is 0 Å². The molecule has 4 saturated carbocycles. The number of ether oxygens (including phenoxy) is 1. The van der Waals surface area contributed by atoms with E-state index in [1.807, 2.05) is 0 Å². The summed E-state index contributed by atoms with van der Waals surface area (Å²) in [5.74, 6) is 5.17. The lowest BCUT2D eigenvalue weighted by molar-refractivity contribution is -0.0518. The number of epoxide rings is 1. The molecule has 1 heterocycles. The molecule has 1 spiro atoms. The van der Waals surface area contributed by atoms with E-state index in [1.165, 1.54) is 57.8 Å². The van der Waals surface area contributed by atoms with E-state index in [0.29, 0.717) is 11.0 Å². The number of allylic oxidation sites excluding steroid dienone is 2. The third kappa shape index (κ3) is 1.81. The molecule has 4 aliphatic carbocycles. The van der Waals surface area contributed by atoms with Gasteiger partial charge in [-0.3, -0.25) is 0 Å². The molecule has 1 saturated heterocycles. The van der Waals surface area contributed by atoms with Crippen molar-refractivity contribution in [3.05, 3.63) is 11.6 Å². The van der Waals surface area contributed by atoms with Crippen LogP contribution in [0.4, 0.5) is 0 Å². The van der Waals surface area contributed by atoms with Crippen LogP contribution in [0.3, 0.4) is 0 Å². The highest BCUT2D eigenvalue weighted by Gasteiger charge is 2.58. The van der Waals surface area contributed by atoms with Gasteiger partial charge in [0.05, 0.1) is 12.2 Å². The molecule has 5 aliphatic rings. The fourth-order valence-corrected chi connectivity index (χ4v) is 7.63. The second-order valence-electron chi connectivity index (χ2n) is 9.46. The van der Waals surface area contributed by atoms with Crippen molar-refractivity contribution in [3.8, 4) is 0 Å². The van der Waals surface area contributed by atoms with E-state index >= 15 is 0 Å². The Balaban J connectivity index is 1.40. The Hall–Kier alpha value is -0.300. The molecule has 122 valence electrons. The van der Waals surface area contributed by atoms with Crippen LogP contribution >= 0.6 is 0 Å². The van der Waals surface area contributed by atoms with Gasteiger partial charge in [0.1, 0.15) is 0 Å². The zero-order valence-electron chi connectivity index (χ0n) is 14.4. The van der Waals surface area contributed by atoms with Gasteiger partial charge in [0, 0.05) is 0 Å². The van der Waals surface area contributed by atoms with Crippen molar-refractivity contribution in [1.82, 2.24) is 0 Å². The number of hydrogen-bond acceptors (Lipinski definition) is 1. The molecule has 7 atom stereocenters. The van der Waals surface area contributed by atoms with Crippen LogP contribution < -0.4 is 0 Å². The van der Waals surface area contributed by atoms with E-state index in [4.69, 9.17) is 4.74 Å². The van der Waals surface area contributed by atoms with E-state index in [9.17, 15) is 0 Å². The van der Waals surface area contributed by atoms with E-state index < -0.39 is 0 Å². The van der Waals surface area contributed by atoms with Crippen molar-refractivity contribution in [1.29, 1.82) is 0 Å². The molecular weight excluding hydrogens is 268 g/mol. The Morgan fingerprint density at radius 3 is 2.59 bits per heavy atom. The van der Waals surface area contributed by atoms with Gasteiger partial charge in [0.15, 0.2) is 0 Å². The lowest BCUT2D eigenvalue weighted by Crippen LogP contribution is -2.48. The Labute approximate surface area is 135 Å². The molecule has 1 aliphatic heterocycles. The molecule has 1 unspecified atom stereocenters. The van der Waals surface area contributed by atoms with Gasteiger partial charge in [-0.15, -0.1) is 0 Å². The topological polar surface area (TPSA) is 12.5 Å². The van der Waals surface area contributed by atoms with E-state index in [1.54, 1.807) is 5.57 Å². The van der Waals surface area contributed by atoms with Crippen LogP contribution in [-0.4, -0.2) is 12.2 Å². The zero-order chi connectivity index (χ0) is 14.9. The quantitative estimate of drug-likeness (QED) is 0.434. The predicted octanol–water partition coefficient (Wildman–Crippen LogP) is 5.35. The average Bonchev–Trinajstić information content (AvgIpc) is 3.17. The molecule has 5 fully saturated rings. The fraction of sp³-hybridized carbons (Fsp3) is 0.905. The van der Waals surface area contributed by atoms with Crippen LogP contribution in [0.15, 0.2) is 11.6 Å². The monoisotopic (exact) mass is 300 g/mol. The summed E-state index contributed by atoms with van der Waals surface area (Å²) in [6, 6.07) is 0.